The van der Waals surface area contributed by atoms with E-state index < -0.39 is 11.8 Å². The summed E-state index contributed by atoms with van der Waals surface area (Å²) in [6, 6.07) is 9.57. The number of pyridine rings is 1. The second kappa shape index (κ2) is 8.57. The number of fused-ring (bicyclic) bond motifs is 1. The first kappa shape index (κ1) is 20.1. The third kappa shape index (κ3) is 3.97. The molecule has 150 valence electrons. The van der Waals surface area contributed by atoms with Gasteiger partial charge >= 0.3 is 5.97 Å². The molecule has 29 heavy (non-hydrogen) atoms. The summed E-state index contributed by atoms with van der Waals surface area (Å²) in [6.45, 7) is -0.211. The zero-order valence-electron chi connectivity index (χ0n) is 15.8. The van der Waals surface area contributed by atoms with Crippen LogP contribution in [-0.4, -0.2) is 54.4 Å². The first-order chi connectivity index (χ1) is 14.0. The van der Waals surface area contributed by atoms with Gasteiger partial charge in [-0.1, -0.05) is 12.1 Å². The molecular weight excluding hydrogens is 378 g/mol. The van der Waals surface area contributed by atoms with Gasteiger partial charge in [-0.15, -0.1) is 0 Å². The summed E-state index contributed by atoms with van der Waals surface area (Å²) < 4.78 is 15.9. The molecule has 0 radical (unpaired) electrons. The maximum absolute atomic E-state index is 13.1. The van der Waals surface area contributed by atoms with Crippen molar-refractivity contribution in [3.05, 3.63) is 59.4 Å². The predicted molar refractivity (Wildman–Crippen MR) is 104 cm³/mol. The molecular formula is C21H19NO7. The predicted octanol–water partition coefficient (Wildman–Crippen LogP) is 2.55. The molecule has 0 unspecified atom stereocenters. The van der Waals surface area contributed by atoms with E-state index in [1.54, 1.807) is 24.3 Å². The fourth-order valence-corrected chi connectivity index (χ4v) is 2.93. The lowest BCUT2D eigenvalue weighted by Crippen LogP contribution is -2.09. The monoisotopic (exact) mass is 397 g/mol. The number of hydrogen-bond acceptors (Lipinski definition) is 7. The molecule has 2 aromatic carbocycles. The molecule has 8 nitrogen and oxygen atoms in total. The van der Waals surface area contributed by atoms with Crippen LogP contribution in [0, 0.1) is 0 Å². The molecule has 2 N–H and O–H groups in total. The molecule has 1 aromatic heterocycles. The summed E-state index contributed by atoms with van der Waals surface area (Å²) in [7, 11) is 2.91. The van der Waals surface area contributed by atoms with Gasteiger partial charge < -0.3 is 24.4 Å². The highest BCUT2D eigenvalue weighted by Crippen LogP contribution is 2.35. The average molecular weight is 397 g/mol. The Kier molecular flexibility index (Phi) is 5.94. The lowest BCUT2D eigenvalue weighted by molar-refractivity contribution is 0.0698. The molecule has 0 bridgehead atoms. The average Bonchev–Trinajstić information content (AvgIpc) is 2.75. The minimum Gasteiger partial charge on any atom is -0.497 e. The van der Waals surface area contributed by atoms with E-state index in [9.17, 15) is 14.7 Å². The Balaban J connectivity index is 2.24. The Bertz CT molecular complexity index is 1080. The van der Waals surface area contributed by atoms with Gasteiger partial charge in [0.15, 0.2) is 11.5 Å². The first-order valence-corrected chi connectivity index (χ1v) is 8.66. The molecule has 0 saturated heterocycles. The van der Waals surface area contributed by atoms with E-state index in [1.165, 1.54) is 26.4 Å². The van der Waals surface area contributed by atoms with Crippen LogP contribution in [0.25, 0.3) is 10.8 Å². The highest BCUT2D eigenvalue weighted by atomic mass is 16.5. The number of carbonyl (C=O) groups is 2. The Labute approximate surface area is 166 Å². The molecule has 0 atom stereocenters. The van der Waals surface area contributed by atoms with E-state index in [4.69, 9.17) is 19.3 Å². The lowest BCUT2D eigenvalue weighted by Gasteiger charge is -2.14. The van der Waals surface area contributed by atoms with Gasteiger partial charge in [-0.3, -0.25) is 9.78 Å². The Morgan fingerprint density at radius 1 is 1.03 bits per heavy atom. The Hall–Kier alpha value is -3.65. The van der Waals surface area contributed by atoms with Gasteiger partial charge in [-0.05, 0) is 24.3 Å². The van der Waals surface area contributed by atoms with Gasteiger partial charge in [0.25, 0.3) is 0 Å². The van der Waals surface area contributed by atoms with Crippen LogP contribution in [0.15, 0.2) is 42.6 Å². The second-order valence-corrected chi connectivity index (χ2v) is 6.01. The van der Waals surface area contributed by atoms with Crippen molar-refractivity contribution in [3.63, 3.8) is 0 Å². The second-order valence-electron chi connectivity index (χ2n) is 6.01. The zero-order valence-corrected chi connectivity index (χ0v) is 15.8. The van der Waals surface area contributed by atoms with E-state index >= 15 is 0 Å². The van der Waals surface area contributed by atoms with Gasteiger partial charge in [-0.25, -0.2) is 4.79 Å². The van der Waals surface area contributed by atoms with Crippen molar-refractivity contribution in [3.8, 4) is 17.2 Å². The molecule has 3 aromatic rings. The summed E-state index contributed by atoms with van der Waals surface area (Å²) in [5.41, 5.74) is 0.332. The minimum absolute atomic E-state index is 0.00702. The van der Waals surface area contributed by atoms with E-state index in [-0.39, 0.29) is 41.4 Å². The summed E-state index contributed by atoms with van der Waals surface area (Å²) in [5, 5.41) is 19.1. The molecule has 0 aliphatic heterocycles. The first-order valence-electron chi connectivity index (χ1n) is 8.66. The van der Waals surface area contributed by atoms with E-state index in [0.29, 0.717) is 16.7 Å². The largest absolute Gasteiger partial charge is 0.497 e. The number of ether oxygens (including phenoxy) is 3. The van der Waals surface area contributed by atoms with E-state index in [2.05, 4.69) is 4.98 Å². The van der Waals surface area contributed by atoms with Crippen LogP contribution in [0.3, 0.4) is 0 Å². The van der Waals surface area contributed by atoms with Crippen LogP contribution in [0.5, 0.6) is 17.2 Å². The standard InChI is InChI=1S/C21H19NO7/c1-27-13-5-3-4-12(8-13)20(24)19-15-10-18(29-7-6-23)17(28-2)9-14(15)16(11-22-19)21(25)26/h3-5,8-11,23H,6-7H2,1-2H3,(H,25,26). The number of carboxylic acid groups (broad SMARTS) is 1. The number of carbonyl (C=O) groups excluding carboxylic acids is 1. The molecule has 3 rings (SSSR count). The highest BCUT2D eigenvalue weighted by molar-refractivity contribution is 6.18. The maximum atomic E-state index is 13.1. The third-order valence-electron chi connectivity index (χ3n) is 4.30. The summed E-state index contributed by atoms with van der Waals surface area (Å²) >= 11 is 0. The topological polar surface area (TPSA) is 115 Å². The van der Waals surface area contributed by atoms with Crippen LogP contribution in [0.1, 0.15) is 26.4 Å². The molecule has 1 heterocycles. The number of benzene rings is 2. The van der Waals surface area contributed by atoms with E-state index in [1.807, 2.05) is 0 Å². The maximum Gasteiger partial charge on any atom is 0.337 e. The van der Waals surface area contributed by atoms with E-state index in [0.717, 1.165) is 6.20 Å². The number of aliphatic hydroxyl groups is 1. The fraction of sp³-hybridized carbons (Fsp3) is 0.190. The van der Waals surface area contributed by atoms with Crippen molar-refractivity contribution in [1.82, 2.24) is 4.98 Å². The zero-order chi connectivity index (χ0) is 21.0. The lowest BCUT2D eigenvalue weighted by atomic mass is 9.99. The van der Waals surface area contributed by atoms with Gasteiger partial charge in [0.1, 0.15) is 18.1 Å². The Morgan fingerprint density at radius 3 is 2.45 bits per heavy atom. The number of ketones is 1. The molecule has 0 spiro atoms. The molecule has 0 saturated carbocycles. The number of hydrogen-bond donors (Lipinski definition) is 2. The van der Waals surface area contributed by atoms with Crippen molar-refractivity contribution in [1.29, 1.82) is 0 Å². The highest BCUT2D eigenvalue weighted by Gasteiger charge is 2.21. The number of nitrogens with zero attached hydrogens (tertiary/aromatic N) is 1. The minimum atomic E-state index is -1.19. The summed E-state index contributed by atoms with van der Waals surface area (Å²) in [6.07, 6.45) is 1.14. The quantitative estimate of drug-likeness (QED) is 0.557. The van der Waals surface area contributed by atoms with Gasteiger partial charge in [0.05, 0.1) is 26.4 Å². The fourth-order valence-electron chi connectivity index (χ4n) is 2.93. The summed E-state index contributed by atoms with van der Waals surface area (Å²) in [5.74, 6) is -0.536. The number of carboxylic acids is 1. The van der Waals surface area contributed by atoms with Crippen molar-refractivity contribution < 1.29 is 34.0 Å². The number of methoxy groups -OCH3 is 2. The molecule has 8 heteroatoms. The molecule has 0 fully saturated rings. The van der Waals surface area contributed by atoms with Gasteiger partial charge in [0, 0.05) is 22.5 Å². The van der Waals surface area contributed by atoms with Crippen LogP contribution >= 0.6 is 0 Å². The van der Waals surface area contributed by atoms with Crippen molar-refractivity contribution in [2.75, 3.05) is 27.4 Å². The van der Waals surface area contributed by atoms with Crippen molar-refractivity contribution >= 4 is 22.5 Å². The van der Waals surface area contributed by atoms with Crippen LogP contribution in [0.4, 0.5) is 0 Å². The number of rotatable bonds is 8. The van der Waals surface area contributed by atoms with Crippen LogP contribution in [-0.2, 0) is 0 Å². The van der Waals surface area contributed by atoms with Gasteiger partial charge in [-0.2, -0.15) is 0 Å². The molecule has 0 aliphatic rings. The summed E-state index contributed by atoms with van der Waals surface area (Å²) in [4.78, 5) is 28.9. The van der Waals surface area contributed by atoms with Crippen molar-refractivity contribution in [2.24, 2.45) is 0 Å². The number of aliphatic hydroxyl groups excluding tert-OH is 1. The smallest absolute Gasteiger partial charge is 0.337 e. The number of aromatic nitrogens is 1. The Morgan fingerprint density at radius 2 is 1.79 bits per heavy atom. The molecule has 0 aliphatic carbocycles. The molecule has 0 amide bonds. The normalized spacial score (nSPS) is 10.6. The third-order valence-corrected chi connectivity index (χ3v) is 4.30. The number of aromatic carboxylic acids is 1. The van der Waals surface area contributed by atoms with Crippen LogP contribution < -0.4 is 14.2 Å². The van der Waals surface area contributed by atoms with Gasteiger partial charge in [0.2, 0.25) is 5.78 Å². The van der Waals surface area contributed by atoms with Crippen LogP contribution in [0.2, 0.25) is 0 Å². The van der Waals surface area contributed by atoms with Crippen molar-refractivity contribution in [2.45, 2.75) is 0 Å². The SMILES string of the molecule is COc1cccc(C(=O)c2ncc(C(=O)O)c3cc(OC)c(OCCO)cc23)c1.